The molecule has 0 saturated carbocycles. The molecular weight excluding hydrogens is 396 g/mol. The molecule has 2 aromatic rings. The van der Waals surface area contributed by atoms with Gasteiger partial charge in [-0.3, -0.25) is 14.4 Å². The van der Waals surface area contributed by atoms with Gasteiger partial charge in [0.05, 0.1) is 24.8 Å². The number of aromatic nitrogens is 2. The van der Waals surface area contributed by atoms with Gasteiger partial charge >= 0.3 is 0 Å². The van der Waals surface area contributed by atoms with Crippen LogP contribution in [0.2, 0.25) is 5.02 Å². The number of benzene rings is 1. The van der Waals surface area contributed by atoms with Crippen LogP contribution in [0.5, 0.6) is 11.5 Å². The molecule has 1 aromatic carbocycles. The SMILES string of the molecule is Cn1cc(Cl)c(CN(CCN2CCOCC2)C(=O)C2COc3ccccc3O2)n1. The highest BCUT2D eigenvalue weighted by Gasteiger charge is 2.32. The summed E-state index contributed by atoms with van der Waals surface area (Å²) in [6.45, 7) is 4.97. The number of fused-ring (bicyclic) bond motifs is 1. The van der Waals surface area contributed by atoms with Crippen LogP contribution in [-0.4, -0.2) is 77.6 Å². The zero-order chi connectivity index (χ0) is 20.2. The Morgan fingerprint density at radius 1 is 1.28 bits per heavy atom. The number of amides is 1. The molecule has 2 aliphatic heterocycles. The van der Waals surface area contributed by atoms with E-state index >= 15 is 0 Å². The lowest BCUT2D eigenvalue weighted by molar-refractivity contribution is -0.142. The Bertz CT molecular complexity index is 853. The van der Waals surface area contributed by atoms with Gasteiger partial charge in [0.25, 0.3) is 5.91 Å². The molecule has 0 aliphatic carbocycles. The summed E-state index contributed by atoms with van der Waals surface area (Å²) in [5.74, 6) is 1.11. The number of carbonyl (C=O) groups is 1. The molecule has 0 bridgehead atoms. The van der Waals surface area contributed by atoms with E-state index in [1.165, 1.54) is 0 Å². The zero-order valence-corrected chi connectivity index (χ0v) is 17.2. The number of hydrogen-bond acceptors (Lipinski definition) is 6. The molecule has 2 aliphatic rings. The molecule has 0 spiro atoms. The zero-order valence-electron chi connectivity index (χ0n) is 16.4. The smallest absolute Gasteiger partial charge is 0.267 e. The Hall–Kier alpha value is -2.29. The maximum atomic E-state index is 13.3. The topological polar surface area (TPSA) is 69.1 Å². The Balaban J connectivity index is 1.47. The van der Waals surface area contributed by atoms with Gasteiger partial charge in [-0.05, 0) is 12.1 Å². The molecule has 29 heavy (non-hydrogen) atoms. The maximum absolute atomic E-state index is 13.3. The lowest BCUT2D eigenvalue weighted by Gasteiger charge is -2.33. The van der Waals surface area contributed by atoms with Crippen LogP contribution in [0.4, 0.5) is 0 Å². The number of para-hydroxylation sites is 2. The largest absolute Gasteiger partial charge is 0.485 e. The van der Waals surface area contributed by atoms with Gasteiger partial charge in [-0.25, -0.2) is 0 Å². The third kappa shape index (κ3) is 4.83. The molecule has 1 atom stereocenters. The molecule has 4 rings (SSSR count). The number of rotatable bonds is 6. The van der Waals surface area contributed by atoms with E-state index in [4.69, 9.17) is 25.8 Å². The highest BCUT2D eigenvalue weighted by atomic mass is 35.5. The molecule has 1 aromatic heterocycles. The molecule has 156 valence electrons. The Labute approximate surface area is 174 Å². The van der Waals surface area contributed by atoms with Crippen molar-refractivity contribution in [2.24, 2.45) is 7.05 Å². The number of ether oxygens (including phenoxy) is 3. The quantitative estimate of drug-likeness (QED) is 0.706. The minimum atomic E-state index is -0.697. The van der Waals surface area contributed by atoms with E-state index in [9.17, 15) is 4.79 Å². The molecule has 1 unspecified atom stereocenters. The Kier molecular flexibility index (Phi) is 6.22. The van der Waals surface area contributed by atoms with Crippen LogP contribution in [0.15, 0.2) is 30.5 Å². The van der Waals surface area contributed by atoms with Crippen molar-refractivity contribution in [3.05, 3.63) is 41.2 Å². The van der Waals surface area contributed by atoms with E-state index in [0.29, 0.717) is 35.3 Å². The lowest BCUT2D eigenvalue weighted by atomic mass is 10.2. The van der Waals surface area contributed by atoms with Gasteiger partial charge in [0.15, 0.2) is 11.5 Å². The van der Waals surface area contributed by atoms with Crippen molar-refractivity contribution in [1.82, 2.24) is 19.6 Å². The highest BCUT2D eigenvalue weighted by Crippen LogP contribution is 2.31. The van der Waals surface area contributed by atoms with E-state index in [-0.39, 0.29) is 12.5 Å². The van der Waals surface area contributed by atoms with Crippen LogP contribution in [0, 0.1) is 0 Å². The summed E-state index contributed by atoms with van der Waals surface area (Å²) in [6.07, 6.45) is 1.04. The minimum Gasteiger partial charge on any atom is -0.485 e. The fourth-order valence-electron chi connectivity index (χ4n) is 3.49. The summed E-state index contributed by atoms with van der Waals surface area (Å²) >= 11 is 6.29. The number of hydrogen-bond donors (Lipinski definition) is 0. The summed E-state index contributed by atoms with van der Waals surface area (Å²) in [4.78, 5) is 17.3. The summed E-state index contributed by atoms with van der Waals surface area (Å²) < 4.78 is 18.7. The molecule has 0 N–H and O–H groups in total. The lowest BCUT2D eigenvalue weighted by Crippen LogP contribution is -2.49. The van der Waals surface area contributed by atoms with Gasteiger partial charge in [0.2, 0.25) is 6.10 Å². The monoisotopic (exact) mass is 420 g/mol. The Morgan fingerprint density at radius 2 is 2.03 bits per heavy atom. The van der Waals surface area contributed by atoms with Crippen molar-refractivity contribution in [2.75, 3.05) is 46.0 Å². The first-order valence-electron chi connectivity index (χ1n) is 9.75. The van der Waals surface area contributed by atoms with Crippen molar-refractivity contribution in [3.8, 4) is 11.5 Å². The first-order valence-corrected chi connectivity index (χ1v) is 10.1. The average Bonchev–Trinajstić information content (AvgIpc) is 3.07. The molecule has 1 fully saturated rings. The van der Waals surface area contributed by atoms with Crippen molar-refractivity contribution in [3.63, 3.8) is 0 Å². The molecular formula is C20H25ClN4O4. The normalized spacial score (nSPS) is 19.2. The summed E-state index contributed by atoms with van der Waals surface area (Å²) in [5, 5.41) is 4.94. The average molecular weight is 421 g/mol. The van der Waals surface area contributed by atoms with Crippen molar-refractivity contribution in [1.29, 1.82) is 0 Å². The maximum Gasteiger partial charge on any atom is 0.267 e. The minimum absolute atomic E-state index is 0.130. The van der Waals surface area contributed by atoms with E-state index in [1.807, 2.05) is 31.3 Å². The number of nitrogens with zero attached hydrogens (tertiary/aromatic N) is 4. The summed E-state index contributed by atoms with van der Waals surface area (Å²) in [7, 11) is 1.81. The molecule has 1 saturated heterocycles. The van der Waals surface area contributed by atoms with Gasteiger partial charge in [-0.15, -0.1) is 0 Å². The second kappa shape index (κ2) is 9.02. The van der Waals surface area contributed by atoms with Crippen LogP contribution < -0.4 is 9.47 Å². The third-order valence-corrected chi connectivity index (χ3v) is 5.40. The summed E-state index contributed by atoms with van der Waals surface area (Å²) in [5.41, 5.74) is 0.668. The van der Waals surface area contributed by atoms with Gasteiger partial charge < -0.3 is 19.1 Å². The predicted molar refractivity (Wildman–Crippen MR) is 107 cm³/mol. The van der Waals surface area contributed by atoms with Gasteiger partial charge in [-0.1, -0.05) is 23.7 Å². The van der Waals surface area contributed by atoms with E-state index in [2.05, 4.69) is 10.00 Å². The van der Waals surface area contributed by atoms with Crippen LogP contribution in [0.1, 0.15) is 5.69 Å². The molecule has 1 amide bonds. The Morgan fingerprint density at radius 3 is 2.76 bits per heavy atom. The van der Waals surface area contributed by atoms with E-state index < -0.39 is 6.10 Å². The van der Waals surface area contributed by atoms with Crippen molar-refractivity contribution in [2.45, 2.75) is 12.6 Å². The molecule has 0 radical (unpaired) electrons. The molecule has 8 nitrogen and oxygen atoms in total. The number of halogens is 1. The first kappa shape index (κ1) is 20.0. The van der Waals surface area contributed by atoms with Crippen LogP contribution in [0.25, 0.3) is 0 Å². The third-order valence-electron chi connectivity index (χ3n) is 5.08. The number of aryl methyl sites for hydroxylation is 1. The second-order valence-corrected chi connectivity index (χ2v) is 7.58. The van der Waals surface area contributed by atoms with Crippen molar-refractivity contribution >= 4 is 17.5 Å². The summed E-state index contributed by atoms with van der Waals surface area (Å²) in [6, 6.07) is 7.38. The number of morpholine rings is 1. The first-order chi connectivity index (χ1) is 14.1. The fourth-order valence-corrected chi connectivity index (χ4v) is 3.73. The van der Waals surface area contributed by atoms with Gasteiger partial charge in [-0.2, -0.15) is 5.10 Å². The molecule has 9 heteroatoms. The number of carbonyl (C=O) groups excluding carboxylic acids is 1. The van der Waals surface area contributed by atoms with Crippen LogP contribution in [-0.2, 0) is 23.1 Å². The van der Waals surface area contributed by atoms with E-state index in [1.54, 1.807) is 15.8 Å². The van der Waals surface area contributed by atoms with Crippen LogP contribution >= 0.6 is 11.6 Å². The van der Waals surface area contributed by atoms with Crippen molar-refractivity contribution < 1.29 is 19.0 Å². The fraction of sp³-hybridized carbons (Fsp3) is 0.500. The standard InChI is InChI=1S/C20H25ClN4O4/c1-23-12-15(21)16(22-23)13-25(7-6-24-8-10-27-11-9-24)20(26)19-14-28-17-4-2-3-5-18(17)29-19/h2-5,12,19H,6-11,13-14H2,1H3. The van der Waals surface area contributed by atoms with E-state index in [0.717, 1.165) is 32.8 Å². The highest BCUT2D eigenvalue weighted by molar-refractivity contribution is 6.31. The molecule has 3 heterocycles. The van der Waals surface area contributed by atoms with Crippen LogP contribution in [0.3, 0.4) is 0 Å². The van der Waals surface area contributed by atoms with Gasteiger partial charge in [0.1, 0.15) is 12.3 Å². The predicted octanol–water partition coefficient (Wildman–Crippen LogP) is 1.57. The second-order valence-electron chi connectivity index (χ2n) is 7.18. The van der Waals surface area contributed by atoms with Gasteiger partial charge in [0, 0.05) is 39.4 Å².